The van der Waals surface area contributed by atoms with E-state index in [1.165, 1.54) is 11.1 Å². The minimum atomic E-state index is 0.219. The summed E-state index contributed by atoms with van der Waals surface area (Å²) in [6.07, 6.45) is 4.35. The fourth-order valence-electron chi connectivity index (χ4n) is 7.33. The number of furan rings is 1. The molecule has 8 aromatic rings. The van der Waals surface area contributed by atoms with E-state index in [0.29, 0.717) is 23.4 Å². The number of rotatable bonds is 7. The van der Waals surface area contributed by atoms with Gasteiger partial charge in [-0.3, -0.25) is 4.99 Å². The first-order chi connectivity index (χ1) is 25.7. The second-order valence-corrected chi connectivity index (χ2v) is 13.3. The lowest BCUT2D eigenvalue weighted by molar-refractivity contribution is 0.574. The molecule has 6 aromatic carbocycles. The zero-order valence-electron chi connectivity index (χ0n) is 28.9. The maximum absolute atomic E-state index is 6.24. The van der Waals surface area contributed by atoms with Crippen molar-refractivity contribution in [3.05, 3.63) is 180 Å². The van der Waals surface area contributed by atoms with Gasteiger partial charge in [0.2, 0.25) is 0 Å². The summed E-state index contributed by atoms with van der Waals surface area (Å²) in [4.78, 5) is 20.6. The summed E-state index contributed by atoms with van der Waals surface area (Å²) in [5.74, 6) is 2.33. The maximum Gasteiger partial charge on any atom is 0.164 e. The Bertz CT molecular complexity index is 2590. The number of aliphatic imine (C=N–C) groups is 1. The van der Waals surface area contributed by atoms with Crippen molar-refractivity contribution in [3.63, 3.8) is 0 Å². The fourth-order valence-corrected chi connectivity index (χ4v) is 7.33. The molecule has 0 aliphatic carbocycles. The van der Waals surface area contributed by atoms with E-state index < -0.39 is 0 Å². The molecule has 1 aliphatic rings. The van der Waals surface area contributed by atoms with Crippen LogP contribution in [0.15, 0.2) is 173 Å². The van der Waals surface area contributed by atoms with E-state index in [4.69, 9.17) is 24.4 Å². The van der Waals surface area contributed by atoms with Crippen LogP contribution in [0.5, 0.6) is 0 Å². The highest BCUT2D eigenvalue weighted by Crippen LogP contribution is 2.38. The van der Waals surface area contributed by atoms with E-state index >= 15 is 0 Å². The number of para-hydroxylation sites is 1. The van der Waals surface area contributed by atoms with Gasteiger partial charge in [0, 0.05) is 44.9 Å². The molecule has 2 aromatic heterocycles. The predicted molar refractivity (Wildman–Crippen MR) is 212 cm³/mol. The van der Waals surface area contributed by atoms with Gasteiger partial charge in [0.1, 0.15) is 11.2 Å². The molecule has 0 saturated carbocycles. The highest BCUT2D eigenvalue weighted by atomic mass is 16.3. The van der Waals surface area contributed by atoms with Gasteiger partial charge >= 0.3 is 0 Å². The molecule has 3 heterocycles. The maximum atomic E-state index is 6.24. The van der Waals surface area contributed by atoms with Crippen LogP contribution in [0, 0.1) is 5.92 Å². The SMILES string of the molecule is CCC1CC(c2ccccc2)C=C(c2cccc(-c3nc(-c4ccccc4)nc(-c4ccc5c(c4)oc4ccccc45)n3)c2)N=C1c1ccccc1. The van der Waals surface area contributed by atoms with Crippen LogP contribution < -0.4 is 0 Å². The van der Waals surface area contributed by atoms with Gasteiger partial charge in [-0.05, 0) is 48.2 Å². The molecular weight excluding hydrogens is 637 g/mol. The zero-order chi connectivity index (χ0) is 34.9. The monoisotopic (exact) mass is 672 g/mol. The average molecular weight is 673 g/mol. The van der Waals surface area contributed by atoms with Crippen LogP contribution in [0.4, 0.5) is 0 Å². The molecule has 2 atom stereocenters. The number of fused-ring (bicyclic) bond motifs is 3. The van der Waals surface area contributed by atoms with Crippen molar-refractivity contribution < 1.29 is 4.42 Å². The third kappa shape index (κ3) is 6.11. The van der Waals surface area contributed by atoms with Crippen molar-refractivity contribution >= 4 is 33.3 Å². The quantitative estimate of drug-likeness (QED) is 0.169. The molecule has 2 unspecified atom stereocenters. The number of nitrogens with zero attached hydrogens (tertiary/aromatic N) is 4. The first-order valence-electron chi connectivity index (χ1n) is 17.9. The molecule has 0 spiro atoms. The summed E-state index contributed by atoms with van der Waals surface area (Å²) in [5.41, 5.74) is 9.93. The van der Waals surface area contributed by atoms with Gasteiger partial charge in [0.15, 0.2) is 17.5 Å². The van der Waals surface area contributed by atoms with Crippen LogP contribution in [0.2, 0.25) is 0 Å². The molecular formula is C47H36N4O. The number of hydrogen-bond acceptors (Lipinski definition) is 5. The van der Waals surface area contributed by atoms with Crippen LogP contribution in [0.3, 0.4) is 0 Å². The topological polar surface area (TPSA) is 64.2 Å². The van der Waals surface area contributed by atoms with E-state index in [2.05, 4.69) is 116 Å². The highest BCUT2D eigenvalue weighted by molar-refractivity contribution is 6.06. The average Bonchev–Trinajstić information content (AvgIpc) is 3.47. The molecule has 9 rings (SSSR count). The van der Waals surface area contributed by atoms with E-state index in [1.807, 2.05) is 54.6 Å². The Kier molecular flexibility index (Phi) is 8.30. The molecule has 0 fully saturated rings. The van der Waals surface area contributed by atoms with Gasteiger partial charge in [-0.1, -0.05) is 146 Å². The molecule has 5 nitrogen and oxygen atoms in total. The summed E-state index contributed by atoms with van der Waals surface area (Å²) < 4.78 is 6.24. The third-order valence-electron chi connectivity index (χ3n) is 10.0. The minimum absolute atomic E-state index is 0.219. The Morgan fingerprint density at radius 3 is 1.83 bits per heavy atom. The minimum Gasteiger partial charge on any atom is -0.456 e. The van der Waals surface area contributed by atoms with E-state index in [9.17, 15) is 0 Å². The van der Waals surface area contributed by atoms with Gasteiger partial charge in [0.05, 0.1) is 11.4 Å². The summed E-state index contributed by atoms with van der Waals surface area (Å²) in [6.45, 7) is 2.27. The standard InChI is InChI=1S/C47H36N4O/c1-2-31-27-38(32-15-6-3-7-16-32)29-41(48-44(31)33-17-8-4-9-18-33)35-21-14-22-36(28-35)46-49-45(34-19-10-5-11-20-34)50-47(51-46)37-25-26-40-39-23-12-13-24-42(39)52-43(40)30-37/h3-26,28-31,38H,2,27H2,1H3. The number of benzene rings is 6. The zero-order valence-corrected chi connectivity index (χ0v) is 28.9. The summed E-state index contributed by atoms with van der Waals surface area (Å²) >= 11 is 0. The fraction of sp³-hybridized carbons (Fsp3) is 0.106. The molecule has 5 heteroatoms. The van der Waals surface area contributed by atoms with Crippen molar-refractivity contribution in [2.75, 3.05) is 0 Å². The van der Waals surface area contributed by atoms with E-state index in [0.717, 1.165) is 68.4 Å². The first-order valence-corrected chi connectivity index (χ1v) is 17.9. The second kappa shape index (κ2) is 13.7. The van der Waals surface area contributed by atoms with E-state index in [1.54, 1.807) is 0 Å². The van der Waals surface area contributed by atoms with Gasteiger partial charge in [0.25, 0.3) is 0 Å². The molecule has 0 saturated heterocycles. The largest absolute Gasteiger partial charge is 0.456 e. The van der Waals surface area contributed by atoms with Gasteiger partial charge in [-0.15, -0.1) is 0 Å². The van der Waals surface area contributed by atoms with Gasteiger partial charge < -0.3 is 4.42 Å². The predicted octanol–water partition coefficient (Wildman–Crippen LogP) is 11.8. The van der Waals surface area contributed by atoms with Gasteiger partial charge in [-0.25, -0.2) is 15.0 Å². The molecule has 52 heavy (non-hydrogen) atoms. The lowest BCUT2D eigenvalue weighted by Gasteiger charge is -2.20. The first kappa shape index (κ1) is 31.5. The Morgan fingerprint density at radius 2 is 1.10 bits per heavy atom. The van der Waals surface area contributed by atoms with Crippen LogP contribution >= 0.6 is 0 Å². The van der Waals surface area contributed by atoms with Crippen LogP contribution in [0.25, 0.3) is 61.8 Å². The number of allylic oxidation sites excluding steroid dienone is 1. The molecule has 0 bridgehead atoms. The van der Waals surface area contributed by atoms with Crippen molar-refractivity contribution in [1.82, 2.24) is 15.0 Å². The van der Waals surface area contributed by atoms with Crippen molar-refractivity contribution in [1.29, 1.82) is 0 Å². The Hall–Kier alpha value is -6.46. The van der Waals surface area contributed by atoms with Crippen molar-refractivity contribution in [2.24, 2.45) is 10.9 Å². The van der Waals surface area contributed by atoms with Crippen LogP contribution in [-0.4, -0.2) is 20.7 Å². The van der Waals surface area contributed by atoms with Crippen LogP contribution in [-0.2, 0) is 0 Å². The normalized spacial score (nSPS) is 16.0. The molecule has 1 aliphatic heterocycles. The Labute approximate surface area is 303 Å². The third-order valence-corrected chi connectivity index (χ3v) is 10.0. The second-order valence-electron chi connectivity index (χ2n) is 13.3. The molecule has 0 amide bonds. The summed E-state index contributed by atoms with van der Waals surface area (Å²) in [7, 11) is 0. The molecule has 0 N–H and O–H groups in total. The highest BCUT2D eigenvalue weighted by Gasteiger charge is 2.26. The Balaban J connectivity index is 1.18. The number of hydrogen-bond donors (Lipinski definition) is 0. The number of aromatic nitrogens is 3. The van der Waals surface area contributed by atoms with Crippen molar-refractivity contribution in [3.8, 4) is 34.2 Å². The van der Waals surface area contributed by atoms with Crippen molar-refractivity contribution in [2.45, 2.75) is 25.7 Å². The molecule has 0 radical (unpaired) electrons. The van der Waals surface area contributed by atoms with E-state index in [-0.39, 0.29) is 5.92 Å². The smallest absolute Gasteiger partial charge is 0.164 e. The lowest BCUT2D eigenvalue weighted by Crippen LogP contribution is -2.16. The Morgan fingerprint density at radius 1 is 0.519 bits per heavy atom. The van der Waals surface area contributed by atoms with Gasteiger partial charge in [-0.2, -0.15) is 0 Å². The summed E-state index contributed by atoms with van der Waals surface area (Å²) in [5, 5.41) is 2.16. The lowest BCUT2D eigenvalue weighted by atomic mass is 9.83. The summed E-state index contributed by atoms with van der Waals surface area (Å²) in [6, 6.07) is 54.3. The molecule has 250 valence electrons. The van der Waals surface area contributed by atoms with Crippen LogP contribution in [0.1, 0.15) is 42.4 Å².